The molecule has 0 aliphatic carbocycles. The molecule has 4 aliphatic heterocycles. The fraction of sp³-hybridized carbons (Fsp3) is 0.458. The van der Waals surface area contributed by atoms with E-state index in [1.165, 1.54) is 29.5 Å². The molecule has 5 amide bonds. The molecule has 2 aromatic carbocycles. The second-order valence-corrected chi connectivity index (χ2v) is 19.0. The first kappa shape index (κ1) is 47.5. The van der Waals surface area contributed by atoms with Crippen molar-refractivity contribution in [2.75, 3.05) is 52.9 Å². The smallest absolute Gasteiger partial charge is 0.266 e. The lowest BCUT2D eigenvalue weighted by atomic mass is 9.97. The van der Waals surface area contributed by atoms with E-state index < -0.39 is 48.2 Å². The number of imide groups is 2. The van der Waals surface area contributed by atoms with Gasteiger partial charge in [-0.05, 0) is 89.4 Å². The number of halogens is 1. The Morgan fingerprint density at radius 3 is 2.42 bits per heavy atom. The highest BCUT2D eigenvalue weighted by atomic mass is 35.5. The van der Waals surface area contributed by atoms with Crippen molar-refractivity contribution in [3.8, 4) is 10.8 Å². The van der Waals surface area contributed by atoms with Crippen LogP contribution in [0, 0.1) is 13.8 Å². The van der Waals surface area contributed by atoms with Gasteiger partial charge in [0.25, 0.3) is 17.7 Å². The maximum absolute atomic E-state index is 14.0. The Morgan fingerprint density at radius 1 is 0.896 bits per heavy atom. The number of nitrogens with one attached hydrogen (secondary N) is 2. The Morgan fingerprint density at radius 2 is 1.66 bits per heavy atom. The Labute approximate surface area is 397 Å². The highest BCUT2D eigenvalue weighted by Gasteiger charge is 2.46. The van der Waals surface area contributed by atoms with Crippen LogP contribution in [0.2, 0.25) is 5.02 Å². The summed E-state index contributed by atoms with van der Waals surface area (Å²) >= 11 is 7.70. The number of amides is 5. The number of Topliss-reactive ketones (excluding diaryl/α,β-unsaturated/α-hetero) is 2. The summed E-state index contributed by atoms with van der Waals surface area (Å²) in [5.74, 6) is -1.68. The molecule has 4 aromatic rings. The monoisotopic (exact) mass is 951 g/mol. The molecule has 2 saturated heterocycles. The molecule has 2 aromatic heterocycles. The first-order valence-electron chi connectivity index (χ1n) is 22.9. The van der Waals surface area contributed by atoms with Crippen LogP contribution in [0.25, 0.3) is 5.00 Å². The normalized spacial score (nSPS) is 18.5. The number of hydrogen-bond acceptors (Lipinski definition) is 14. The predicted octanol–water partition coefficient (Wildman–Crippen LogP) is 5.21. The number of aryl methyl sites for hydroxylation is 1. The number of nitrogens with zero attached hydrogens (tertiary/aromatic N) is 7. The number of aromatic nitrogens is 3. The quantitative estimate of drug-likeness (QED) is 0.0707. The van der Waals surface area contributed by atoms with Crippen LogP contribution >= 0.6 is 22.9 Å². The van der Waals surface area contributed by atoms with Gasteiger partial charge in [-0.1, -0.05) is 36.2 Å². The number of likely N-dealkylation sites (N-methyl/N-ethyl adjacent to an activating group) is 1. The molecule has 6 heterocycles. The largest absolute Gasteiger partial charge is 0.483 e. The minimum absolute atomic E-state index is 0.00214. The zero-order valence-corrected chi connectivity index (χ0v) is 39.5. The van der Waals surface area contributed by atoms with Gasteiger partial charge in [0.05, 0.1) is 21.7 Å². The van der Waals surface area contributed by atoms with Crippen molar-refractivity contribution in [3.63, 3.8) is 0 Å². The van der Waals surface area contributed by atoms with Crippen molar-refractivity contribution >= 4 is 69.8 Å². The molecule has 0 saturated carbocycles. The number of thiophene rings is 1. The summed E-state index contributed by atoms with van der Waals surface area (Å²) in [4.78, 5) is 102. The van der Waals surface area contributed by atoms with Crippen molar-refractivity contribution in [2.45, 2.75) is 90.1 Å². The first-order chi connectivity index (χ1) is 32.3. The van der Waals surface area contributed by atoms with Crippen LogP contribution in [0.1, 0.15) is 129 Å². The van der Waals surface area contributed by atoms with Crippen LogP contribution in [0.4, 0.5) is 0 Å². The molecule has 2 atom stereocenters. The van der Waals surface area contributed by atoms with E-state index in [0.717, 1.165) is 72.2 Å². The van der Waals surface area contributed by atoms with E-state index in [9.17, 15) is 33.6 Å². The lowest BCUT2D eigenvalue weighted by Crippen LogP contribution is -2.54. The first-order valence-corrected chi connectivity index (χ1v) is 24.1. The van der Waals surface area contributed by atoms with E-state index in [0.29, 0.717) is 59.5 Å². The molecule has 19 heteroatoms. The van der Waals surface area contributed by atoms with Gasteiger partial charge in [-0.2, -0.15) is 0 Å². The number of aliphatic imine (C=N–C) groups is 1. The molecule has 352 valence electrons. The third-order valence-corrected chi connectivity index (χ3v) is 14.3. The summed E-state index contributed by atoms with van der Waals surface area (Å²) in [6.07, 6.45) is 4.55. The second-order valence-electron chi connectivity index (χ2n) is 17.5. The number of ketones is 2. The molecule has 0 radical (unpaired) electrons. The molecule has 0 bridgehead atoms. The Bertz CT molecular complexity index is 2630. The Kier molecular flexibility index (Phi) is 14.8. The van der Waals surface area contributed by atoms with E-state index in [4.69, 9.17) is 21.3 Å². The van der Waals surface area contributed by atoms with E-state index >= 15 is 0 Å². The van der Waals surface area contributed by atoms with E-state index in [1.807, 2.05) is 30.5 Å². The number of rotatable bonds is 19. The number of benzene rings is 2. The van der Waals surface area contributed by atoms with E-state index in [2.05, 4.69) is 37.7 Å². The van der Waals surface area contributed by atoms with Crippen LogP contribution in [-0.4, -0.2) is 135 Å². The van der Waals surface area contributed by atoms with Crippen LogP contribution < -0.4 is 15.4 Å². The van der Waals surface area contributed by atoms with Crippen molar-refractivity contribution in [1.82, 2.24) is 40.1 Å². The Hall–Kier alpha value is -5.95. The SMILES string of the molecule is Cc1c(C(=O)CCCCCNC(=O)COc2cccc3c2C(=O)N(C2CCC(=O)NC2=O)C3=O)sc2c1C(c1ccc(Cl)cc1)=N[C@@H](CC(=O)CCCCN1CCN(C)CC1)c1nnc(C)n1-2. The summed E-state index contributed by atoms with van der Waals surface area (Å²) in [7, 11) is 2.14. The standard InChI is InChI=1S/C48H54ClN9O8S/c1-28-40-42(30-14-16-31(49)17-15-30)51-34(26-32(59)10-6-8-21-56-24-22-55(3)23-25-56)44-54-53-29(2)57(44)48(40)67-43(28)36(60)12-5-4-7-20-50-39(62)27-66-37-13-9-11-33-41(37)47(65)58(46(33)64)35-18-19-38(61)52-45(35)63/h9,11,13-17,34-35H,4-8,10,12,18-27H2,1-3H3,(H,50,62)(H,52,61,63)/t34-,35?/m0/s1. The molecule has 67 heavy (non-hydrogen) atoms. The van der Waals surface area contributed by atoms with Gasteiger partial charge in [-0.15, -0.1) is 21.5 Å². The maximum atomic E-state index is 14.0. The summed E-state index contributed by atoms with van der Waals surface area (Å²) in [6, 6.07) is 10.2. The molecular formula is C48H54ClN9O8S. The topological polar surface area (TPSA) is 206 Å². The number of carbonyl (C=O) groups excluding carboxylic acids is 7. The van der Waals surface area contributed by atoms with Crippen LogP contribution in [0.3, 0.4) is 0 Å². The number of piperazine rings is 1. The summed E-state index contributed by atoms with van der Waals surface area (Å²) < 4.78 is 7.65. The molecule has 17 nitrogen and oxygen atoms in total. The highest BCUT2D eigenvalue weighted by Crippen LogP contribution is 2.41. The number of carbonyl (C=O) groups is 7. The lowest BCUT2D eigenvalue weighted by molar-refractivity contribution is -0.136. The molecular weight excluding hydrogens is 898 g/mol. The van der Waals surface area contributed by atoms with Crippen LogP contribution in [0.15, 0.2) is 47.5 Å². The zero-order valence-electron chi connectivity index (χ0n) is 37.9. The van der Waals surface area contributed by atoms with E-state index in [-0.39, 0.29) is 54.1 Å². The number of ether oxygens (including phenoxy) is 1. The van der Waals surface area contributed by atoms with Gasteiger partial charge in [0.2, 0.25) is 11.8 Å². The second kappa shape index (κ2) is 20.9. The molecule has 1 unspecified atom stereocenters. The highest BCUT2D eigenvalue weighted by molar-refractivity contribution is 7.17. The average Bonchev–Trinajstić information content (AvgIpc) is 3.91. The Balaban J connectivity index is 0.860. The van der Waals surface area contributed by atoms with Crippen molar-refractivity contribution < 1.29 is 38.3 Å². The van der Waals surface area contributed by atoms with Gasteiger partial charge >= 0.3 is 0 Å². The van der Waals surface area contributed by atoms with Gasteiger partial charge < -0.3 is 19.9 Å². The van der Waals surface area contributed by atoms with Gasteiger partial charge in [-0.3, -0.25) is 53.3 Å². The molecule has 8 rings (SSSR count). The van der Waals surface area contributed by atoms with Crippen LogP contribution in [-0.2, 0) is 19.2 Å². The zero-order chi connectivity index (χ0) is 47.4. The predicted molar refractivity (Wildman–Crippen MR) is 250 cm³/mol. The minimum atomic E-state index is -1.12. The molecule has 0 spiro atoms. The van der Waals surface area contributed by atoms with Gasteiger partial charge in [0.1, 0.15) is 34.4 Å². The summed E-state index contributed by atoms with van der Waals surface area (Å²) in [6.45, 7) is 8.92. The summed E-state index contributed by atoms with van der Waals surface area (Å²) in [5.41, 5.74) is 3.09. The maximum Gasteiger partial charge on any atom is 0.266 e. The number of fused-ring (bicyclic) bond motifs is 4. The van der Waals surface area contributed by atoms with Gasteiger partial charge in [0.15, 0.2) is 18.2 Å². The molecule has 2 N–H and O–H groups in total. The fourth-order valence-electron chi connectivity index (χ4n) is 9.06. The summed E-state index contributed by atoms with van der Waals surface area (Å²) in [5, 5.41) is 15.3. The van der Waals surface area contributed by atoms with Crippen molar-refractivity contribution in [3.05, 3.63) is 91.8 Å². The third-order valence-electron chi connectivity index (χ3n) is 12.8. The van der Waals surface area contributed by atoms with Crippen molar-refractivity contribution in [1.29, 1.82) is 0 Å². The van der Waals surface area contributed by atoms with Gasteiger partial charge in [-0.25, -0.2) is 0 Å². The minimum Gasteiger partial charge on any atom is -0.483 e. The van der Waals surface area contributed by atoms with E-state index in [1.54, 1.807) is 12.1 Å². The third kappa shape index (κ3) is 10.5. The number of hydrogen-bond donors (Lipinski definition) is 2. The number of unbranched alkanes of at least 4 members (excludes halogenated alkanes) is 3. The lowest BCUT2D eigenvalue weighted by Gasteiger charge is -2.32. The average molecular weight is 953 g/mol. The number of piperidine rings is 1. The van der Waals surface area contributed by atoms with Crippen molar-refractivity contribution in [2.24, 2.45) is 4.99 Å². The fourth-order valence-corrected chi connectivity index (χ4v) is 10.5. The van der Waals surface area contributed by atoms with Crippen LogP contribution in [0.5, 0.6) is 5.75 Å². The molecule has 4 aliphatic rings. The van der Waals surface area contributed by atoms with Gasteiger partial charge in [0, 0.05) is 74.6 Å². The molecule has 2 fully saturated rings.